The number of halogens is 1. The van der Waals surface area contributed by atoms with Gasteiger partial charge in [0.05, 0.1) is 23.7 Å². The molecule has 2 aliphatic rings. The van der Waals surface area contributed by atoms with Crippen LogP contribution in [0.4, 0.5) is 0 Å². The van der Waals surface area contributed by atoms with Gasteiger partial charge in [-0.2, -0.15) is 0 Å². The molecule has 0 spiro atoms. The van der Waals surface area contributed by atoms with Gasteiger partial charge in [0.25, 0.3) is 5.91 Å². The summed E-state index contributed by atoms with van der Waals surface area (Å²) in [6.45, 7) is 2.62. The molecule has 2 saturated heterocycles. The van der Waals surface area contributed by atoms with Crippen LogP contribution in [0, 0.1) is 11.8 Å². The van der Waals surface area contributed by atoms with Crippen molar-refractivity contribution in [2.24, 2.45) is 11.8 Å². The molecule has 0 bridgehead atoms. The minimum Gasteiger partial charge on any atom is -0.497 e. The predicted octanol–water partition coefficient (Wildman–Crippen LogP) is 2.78. The molecule has 1 aromatic heterocycles. The number of rotatable bonds is 3. The van der Waals surface area contributed by atoms with Crippen LogP contribution in [0.2, 0.25) is 5.02 Å². The second-order valence-electron chi connectivity index (χ2n) is 6.61. The zero-order chi connectivity index (χ0) is 17.4. The van der Waals surface area contributed by atoms with Gasteiger partial charge in [-0.05, 0) is 29.7 Å². The number of nitrogens with zero attached hydrogens (tertiary/aromatic N) is 2. The van der Waals surface area contributed by atoms with E-state index in [4.69, 9.17) is 16.3 Å². The van der Waals surface area contributed by atoms with Gasteiger partial charge in [-0.15, -0.1) is 0 Å². The number of aromatic nitrogens is 1. The topological polar surface area (TPSA) is 54.5 Å². The van der Waals surface area contributed by atoms with Crippen molar-refractivity contribution >= 4 is 17.5 Å². The molecular formula is C19H20ClN3O2. The van der Waals surface area contributed by atoms with E-state index in [2.05, 4.69) is 22.4 Å². The molecule has 130 valence electrons. The van der Waals surface area contributed by atoms with Gasteiger partial charge in [0.15, 0.2) is 0 Å². The summed E-state index contributed by atoms with van der Waals surface area (Å²) in [6, 6.07) is 9.75. The molecule has 1 aromatic carbocycles. The molecule has 25 heavy (non-hydrogen) atoms. The number of carbonyl (C=O) groups is 1. The van der Waals surface area contributed by atoms with Gasteiger partial charge in [-0.1, -0.05) is 23.7 Å². The third-order valence-electron chi connectivity index (χ3n) is 5.29. The zero-order valence-electron chi connectivity index (χ0n) is 14.0. The SMILES string of the molecule is COc1ccc([C@H]2[C@H]3CNC[C@H]3CN2C(=O)c2ccncc2Cl)cc1. The molecule has 2 fully saturated rings. The fourth-order valence-corrected chi connectivity index (χ4v) is 4.26. The Morgan fingerprint density at radius 1 is 1.28 bits per heavy atom. The second-order valence-corrected chi connectivity index (χ2v) is 7.02. The maximum atomic E-state index is 13.2. The number of benzene rings is 1. The number of methoxy groups -OCH3 is 1. The van der Waals surface area contributed by atoms with Crippen molar-refractivity contribution in [3.8, 4) is 5.75 Å². The molecule has 0 saturated carbocycles. The van der Waals surface area contributed by atoms with E-state index in [0.29, 0.717) is 22.4 Å². The molecular weight excluding hydrogens is 338 g/mol. The van der Waals surface area contributed by atoms with Crippen LogP contribution in [0.5, 0.6) is 5.75 Å². The molecule has 2 aliphatic heterocycles. The maximum Gasteiger partial charge on any atom is 0.256 e. The van der Waals surface area contributed by atoms with E-state index in [1.54, 1.807) is 19.4 Å². The Kier molecular flexibility index (Phi) is 4.36. The molecule has 0 unspecified atom stereocenters. The first-order chi connectivity index (χ1) is 12.2. The predicted molar refractivity (Wildman–Crippen MR) is 95.9 cm³/mol. The molecule has 5 nitrogen and oxygen atoms in total. The van der Waals surface area contributed by atoms with Crippen molar-refractivity contribution in [1.29, 1.82) is 0 Å². The van der Waals surface area contributed by atoms with E-state index in [-0.39, 0.29) is 11.9 Å². The van der Waals surface area contributed by atoms with Gasteiger partial charge < -0.3 is 15.0 Å². The minimum absolute atomic E-state index is 0.0254. The first kappa shape index (κ1) is 16.4. The van der Waals surface area contributed by atoms with Crippen LogP contribution in [0.3, 0.4) is 0 Å². The fraction of sp³-hybridized carbons (Fsp3) is 0.368. The number of hydrogen-bond acceptors (Lipinski definition) is 4. The molecule has 6 heteroatoms. The molecule has 1 amide bonds. The average molecular weight is 358 g/mol. The average Bonchev–Trinajstić information content (AvgIpc) is 3.22. The van der Waals surface area contributed by atoms with Gasteiger partial charge in [0, 0.05) is 37.9 Å². The number of nitrogens with one attached hydrogen (secondary N) is 1. The van der Waals surface area contributed by atoms with E-state index in [1.165, 1.54) is 6.20 Å². The van der Waals surface area contributed by atoms with Crippen LogP contribution in [0.25, 0.3) is 0 Å². The fourth-order valence-electron chi connectivity index (χ4n) is 4.06. The Hall–Kier alpha value is -2.11. The van der Waals surface area contributed by atoms with Gasteiger partial charge in [-0.3, -0.25) is 9.78 Å². The first-order valence-electron chi connectivity index (χ1n) is 8.44. The lowest BCUT2D eigenvalue weighted by molar-refractivity contribution is 0.0714. The standard InChI is InChI=1S/C19H20ClN3O2/c1-25-14-4-2-12(3-5-14)18-16-9-22-8-13(16)11-23(18)19(24)15-6-7-21-10-17(15)20/h2-7,10,13,16,18,22H,8-9,11H2,1H3/t13-,16-,18-/m0/s1. The highest BCUT2D eigenvalue weighted by atomic mass is 35.5. The molecule has 0 radical (unpaired) electrons. The molecule has 2 aromatic rings. The van der Waals surface area contributed by atoms with Gasteiger partial charge >= 0.3 is 0 Å². The third-order valence-corrected chi connectivity index (χ3v) is 5.59. The van der Waals surface area contributed by atoms with Crippen molar-refractivity contribution in [2.75, 3.05) is 26.7 Å². The van der Waals surface area contributed by atoms with E-state index >= 15 is 0 Å². The normalized spacial score (nSPS) is 25.0. The highest BCUT2D eigenvalue weighted by Crippen LogP contribution is 2.43. The monoisotopic (exact) mass is 357 g/mol. The number of ether oxygens (including phenoxy) is 1. The summed E-state index contributed by atoms with van der Waals surface area (Å²) < 4.78 is 5.26. The number of amides is 1. The van der Waals surface area contributed by atoms with Crippen LogP contribution in [-0.2, 0) is 0 Å². The minimum atomic E-state index is -0.0254. The summed E-state index contributed by atoms with van der Waals surface area (Å²) in [5, 5.41) is 3.86. The van der Waals surface area contributed by atoms with Crippen molar-refractivity contribution in [3.05, 3.63) is 58.9 Å². The summed E-state index contributed by atoms with van der Waals surface area (Å²) in [5.41, 5.74) is 1.65. The van der Waals surface area contributed by atoms with E-state index < -0.39 is 0 Å². The van der Waals surface area contributed by atoms with Gasteiger partial charge in [0.1, 0.15) is 5.75 Å². The number of fused-ring (bicyclic) bond motifs is 1. The van der Waals surface area contributed by atoms with E-state index in [1.807, 2.05) is 17.0 Å². The highest BCUT2D eigenvalue weighted by Gasteiger charge is 2.47. The Labute approximate surface area is 152 Å². The second kappa shape index (κ2) is 6.65. The largest absolute Gasteiger partial charge is 0.497 e. The van der Waals surface area contributed by atoms with Crippen molar-refractivity contribution in [2.45, 2.75) is 6.04 Å². The molecule has 3 atom stereocenters. The van der Waals surface area contributed by atoms with Crippen LogP contribution in [0.1, 0.15) is 22.0 Å². The summed E-state index contributed by atoms with van der Waals surface area (Å²) in [6.07, 6.45) is 3.13. The van der Waals surface area contributed by atoms with Crippen molar-refractivity contribution in [3.63, 3.8) is 0 Å². The number of carbonyl (C=O) groups excluding carboxylic acids is 1. The quantitative estimate of drug-likeness (QED) is 0.917. The molecule has 4 rings (SSSR count). The third kappa shape index (κ3) is 2.87. The molecule has 1 N–H and O–H groups in total. The van der Waals surface area contributed by atoms with Gasteiger partial charge in [-0.25, -0.2) is 0 Å². The smallest absolute Gasteiger partial charge is 0.256 e. The van der Waals surface area contributed by atoms with Crippen LogP contribution >= 0.6 is 11.6 Å². The summed E-state index contributed by atoms with van der Waals surface area (Å²) in [4.78, 5) is 19.1. The zero-order valence-corrected chi connectivity index (χ0v) is 14.7. The van der Waals surface area contributed by atoms with Crippen LogP contribution in [-0.4, -0.2) is 42.5 Å². The summed E-state index contributed by atoms with van der Waals surface area (Å²) in [5.74, 6) is 1.68. The van der Waals surface area contributed by atoms with Gasteiger partial charge in [0.2, 0.25) is 0 Å². The van der Waals surface area contributed by atoms with Crippen LogP contribution in [0.15, 0.2) is 42.7 Å². The number of hydrogen-bond donors (Lipinski definition) is 1. The maximum absolute atomic E-state index is 13.2. The Morgan fingerprint density at radius 2 is 2.08 bits per heavy atom. The lowest BCUT2D eigenvalue weighted by Crippen LogP contribution is -2.34. The van der Waals surface area contributed by atoms with E-state index in [9.17, 15) is 4.79 Å². The Bertz CT molecular complexity index is 780. The summed E-state index contributed by atoms with van der Waals surface area (Å²) in [7, 11) is 1.66. The molecule has 3 heterocycles. The Morgan fingerprint density at radius 3 is 2.80 bits per heavy atom. The number of likely N-dealkylation sites (tertiary alicyclic amines) is 1. The molecule has 0 aliphatic carbocycles. The van der Waals surface area contributed by atoms with Crippen LogP contribution < -0.4 is 10.1 Å². The number of pyridine rings is 1. The highest BCUT2D eigenvalue weighted by molar-refractivity contribution is 6.33. The Balaban J connectivity index is 1.70. The first-order valence-corrected chi connectivity index (χ1v) is 8.82. The van der Waals surface area contributed by atoms with Crippen molar-refractivity contribution < 1.29 is 9.53 Å². The lowest BCUT2D eigenvalue weighted by Gasteiger charge is -2.29. The van der Waals surface area contributed by atoms with E-state index in [0.717, 1.165) is 30.9 Å². The lowest BCUT2D eigenvalue weighted by atomic mass is 9.89. The summed E-state index contributed by atoms with van der Waals surface area (Å²) >= 11 is 6.21. The van der Waals surface area contributed by atoms with Crippen molar-refractivity contribution in [1.82, 2.24) is 15.2 Å².